The molecule has 0 saturated heterocycles. The molecule has 0 atom stereocenters. The summed E-state index contributed by atoms with van der Waals surface area (Å²) in [5.41, 5.74) is 0.688. The van der Waals surface area contributed by atoms with Crippen LogP contribution in [0.25, 0.3) is 0 Å². The van der Waals surface area contributed by atoms with Gasteiger partial charge in [0.25, 0.3) is 0 Å². The normalized spacial score (nSPS) is 11.2. The molecule has 0 amide bonds. The first-order valence-corrected chi connectivity index (χ1v) is 6.10. The molecule has 0 fully saturated rings. The van der Waals surface area contributed by atoms with E-state index in [0.717, 1.165) is 6.42 Å². The molecule has 0 aliphatic heterocycles. The Morgan fingerprint density at radius 1 is 1.37 bits per heavy atom. The number of ether oxygens (including phenoxy) is 2. The Labute approximate surface area is 113 Å². The van der Waals surface area contributed by atoms with Gasteiger partial charge in [0, 0.05) is 13.7 Å². The van der Waals surface area contributed by atoms with Crippen LogP contribution in [0, 0.1) is 0 Å². The zero-order chi connectivity index (χ0) is 14.5. The van der Waals surface area contributed by atoms with Gasteiger partial charge in [-0.2, -0.15) is 0 Å². The van der Waals surface area contributed by atoms with Crippen molar-refractivity contribution >= 4 is 11.7 Å². The van der Waals surface area contributed by atoms with E-state index in [9.17, 15) is 4.79 Å². The average Bonchev–Trinajstić information content (AvgIpc) is 2.38. The molecule has 0 heterocycles. The number of carboxylic acid groups (broad SMARTS) is 1. The summed E-state index contributed by atoms with van der Waals surface area (Å²) in [4.78, 5) is 10.9. The van der Waals surface area contributed by atoms with Crippen LogP contribution in [0.2, 0.25) is 0 Å². The van der Waals surface area contributed by atoms with Gasteiger partial charge in [-0.25, -0.2) is 4.79 Å². The molecule has 19 heavy (non-hydrogen) atoms. The minimum absolute atomic E-state index is 0.218. The lowest BCUT2D eigenvalue weighted by atomic mass is 10.1. The smallest absolute Gasteiger partial charge is 0.335 e. The SMILES string of the molecule is COc1ccc(C(=O)O)cc1NCCC(C)(C)OC. The summed E-state index contributed by atoms with van der Waals surface area (Å²) in [7, 11) is 3.23. The number of anilines is 1. The van der Waals surface area contributed by atoms with Crippen molar-refractivity contribution in [2.75, 3.05) is 26.1 Å². The van der Waals surface area contributed by atoms with E-state index in [1.165, 1.54) is 6.07 Å². The molecule has 5 heteroatoms. The van der Waals surface area contributed by atoms with E-state index in [1.807, 2.05) is 13.8 Å². The van der Waals surface area contributed by atoms with Crippen molar-refractivity contribution in [2.24, 2.45) is 0 Å². The first-order chi connectivity index (χ1) is 8.89. The summed E-state index contributed by atoms with van der Waals surface area (Å²) < 4.78 is 10.5. The van der Waals surface area contributed by atoms with Gasteiger partial charge in [0.05, 0.1) is 24.0 Å². The topological polar surface area (TPSA) is 67.8 Å². The van der Waals surface area contributed by atoms with E-state index in [0.29, 0.717) is 18.0 Å². The largest absolute Gasteiger partial charge is 0.495 e. The minimum atomic E-state index is -0.956. The van der Waals surface area contributed by atoms with Gasteiger partial charge in [-0.1, -0.05) is 0 Å². The van der Waals surface area contributed by atoms with Crippen LogP contribution in [0.4, 0.5) is 5.69 Å². The Hall–Kier alpha value is -1.75. The molecule has 0 saturated carbocycles. The van der Waals surface area contributed by atoms with Crippen LogP contribution < -0.4 is 10.1 Å². The van der Waals surface area contributed by atoms with Gasteiger partial charge < -0.3 is 19.9 Å². The number of carbonyl (C=O) groups is 1. The van der Waals surface area contributed by atoms with Crippen molar-refractivity contribution in [3.8, 4) is 5.75 Å². The van der Waals surface area contributed by atoms with Crippen LogP contribution in [-0.2, 0) is 4.74 Å². The second kappa shape index (κ2) is 6.43. The lowest BCUT2D eigenvalue weighted by molar-refractivity contribution is 0.0184. The van der Waals surface area contributed by atoms with Crippen LogP contribution in [-0.4, -0.2) is 37.4 Å². The van der Waals surface area contributed by atoms with E-state index in [2.05, 4.69) is 5.32 Å². The van der Waals surface area contributed by atoms with Crippen molar-refractivity contribution < 1.29 is 19.4 Å². The third kappa shape index (κ3) is 4.44. The van der Waals surface area contributed by atoms with Crippen molar-refractivity contribution in [3.05, 3.63) is 23.8 Å². The highest BCUT2D eigenvalue weighted by atomic mass is 16.5. The molecule has 1 rings (SSSR count). The zero-order valence-electron chi connectivity index (χ0n) is 11.8. The van der Waals surface area contributed by atoms with E-state index < -0.39 is 5.97 Å². The third-order valence-electron chi connectivity index (χ3n) is 3.04. The van der Waals surface area contributed by atoms with E-state index in [-0.39, 0.29) is 11.2 Å². The maximum Gasteiger partial charge on any atom is 0.335 e. The maximum absolute atomic E-state index is 10.9. The fraction of sp³-hybridized carbons (Fsp3) is 0.500. The van der Waals surface area contributed by atoms with Crippen molar-refractivity contribution in [3.63, 3.8) is 0 Å². The highest BCUT2D eigenvalue weighted by Gasteiger charge is 2.16. The molecule has 5 nitrogen and oxygen atoms in total. The van der Waals surface area contributed by atoms with E-state index >= 15 is 0 Å². The molecule has 1 aromatic carbocycles. The quantitative estimate of drug-likeness (QED) is 0.795. The van der Waals surface area contributed by atoms with Crippen molar-refractivity contribution in [2.45, 2.75) is 25.9 Å². The molecule has 0 aliphatic carbocycles. The molecule has 0 aliphatic rings. The van der Waals surface area contributed by atoms with Gasteiger partial charge in [-0.15, -0.1) is 0 Å². The minimum Gasteiger partial charge on any atom is -0.495 e. The summed E-state index contributed by atoms with van der Waals surface area (Å²) >= 11 is 0. The van der Waals surface area contributed by atoms with Gasteiger partial charge in [0.2, 0.25) is 0 Å². The van der Waals surface area contributed by atoms with Crippen LogP contribution in [0.3, 0.4) is 0 Å². The summed E-state index contributed by atoms with van der Waals surface area (Å²) in [5.74, 6) is -0.330. The fourth-order valence-electron chi connectivity index (χ4n) is 1.58. The Bertz CT molecular complexity index is 443. The first kappa shape index (κ1) is 15.3. The molecule has 0 bridgehead atoms. The second-order valence-electron chi connectivity index (χ2n) is 4.86. The predicted molar refractivity (Wildman–Crippen MR) is 74.1 cm³/mol. The molecule has 106 valence electrons. The standard InChI is InChI=1S/C14H21NO4/c1-14(2,19-4)7-8-15-11-9-10(13(16)17)5-6-12(11)18-3/h5-6,9,15H,7-8H2,1-4H3,(H,16,17). The Morgan fingerprint density at radius 2 is 2.05 bits per heavy atom. The van der Waals surface area contributed by atoms with Crippen LogP contribution in [0.1, 0.15) is 30.6 Å². The Kier molecular flexibility index (Phi) is 5.18. The zero-order valence-corrected chi connectivity index (χ0v) is 11.8. The molecule has 1 aromatic rings. The molecule has 0 aromatic heterocycles. The summed E-state index contributed by atoms with van der Waals surface area (Å²) in [6.07, 6.45) is 0.796. The summed E-state index contributed by atoms with van der Waals surface area (Å²) in [5, 5.41) is 12.2. The number of carboxylic acids is 1. The number of benzene rings is 1. The van der Waals surface area contributed by atoms with E-state index in [1.54, 1.807) is 26.4 Å². The monoisotopic (exact) mass is 267 g/mol. The Morgan fingerprint density at radius 3 is 2.58 bits per heavy atom. The maximum atomic E-state index is 10.9. The first-order valence-electron chi connectivity index (χ1n) is 6.10. The number of hydrogen-bond acceptors (Lipinski definition) is 4. The number of hydrogen-bond donors (Lipinski definition) is 2. The average molecular weight is 267 g/mol. The van der Waals surface area contributed by atoms with Gasteiger partial charge in [0.1, 0.15) is 5.75 Å². The number of aromatic carboxylic acids is 1. The summed E-state index contributed by atoms with van der Waals surface area (Å²) in [6, 6.07) is 4.74. The van der Waals surface area contributed by atoms with Gasteiger partial charge >= 0.3 is 5.97 Å². The van der Waals surface area contributed by atoms with Gasteiger partial charge in [0.15, 0.2) is 0 Å². The molecule has 0 radical (unpaired) electrons. The molecular formula is C14H21NO4. The molecule has 0 spiro atoms. The molecular weight excluding hydrogens is 246 g/mol. The predicted octanol–water partition coefficient (Wildman–Crippen LogP) is 2.62. The van der Waals surface area contributed by atoms with Crippen LogP contribution >= 0.6 is 0 Å². The van der Waals surface area contributed by atoms with Gasteiger partial charge in [-0.3, -0.25) is 0 Å². The second-order valence-corrected chi connectivity index (χ2v) is 4.86. The van der Waals surface area contributed by atoms with Gasteiger partial charge in [-0.05, 0) is 38.5 Å². The van der Waals surface area contributed by atoms with E-state index in [4.69, 9.17) is 14.6 Å². The number of rotatable bonds is 7. The molecule has 2 N–H and O–H groups in total. The molecule has 0 unspecified atom stereocenters. The van der Waals surface area contributed by atoms with Crippen LogP contribution in [0.15, 0.2) is 18.2 Å². The highest BCUT2D eigenvalue weighted by molar-refractivity contribution is 5.89. The highest BCUT2D eigenvalue weighted by Crippen LogP contribution is 2.26. The lowest BCUT2D eigenvalue weighted by Gasteiger charge is -2.23. The van der Waals surface area contributed by atoms with Crippen molar-refractivity contribution in [1.29, 1.82) is 0 Å². The fourth-order valence-corrected chi connectivity index (χ4v) is 1.58. The number of methoxy groups -OCH3 is 2. The van der Waals surface area contributed by atoms with Crippen molar-refractivity contribution in [1.82, 2.24) is 0 Å². The van der Waals surface area contributed by atoms with Crippen LogP contribution in [0.5, 0.6) is 5.75 Å². The number of nitrogens with one attached hydrogen (secondary N) is 1. The lowest BCUT2D eigenvalue weighted by Crippen LogP contribution is -2.25. The summed E-state index contributed by atoms with van der Waals surface area (Å²) in [6.45, 7) is 4.67. The Balaban J connectivity index is 2.75. The third-order valence-corrected chi connectivity index (χ3v) is 3.04.